The van der Waals surface area contributed by atoms with Crippen LogP contribution in [0.25, 0.3) is 11.0 Å². The molecule has 1 aromatic heterocycles. The molecular weight excluding hydrogens is 460 g/mol. The van der Waals surface area contributed by atoms with Crippen molar-refractivity contribution >= 4 is 11.0 Å². The van der Waals surface area contributed by atoms with E-state index < -0.39 is 0 Å². The normalized spacial score (nSPS) is 11.5. The fourth-order valence-corrected chi connectivity index (χ4v) is 5.80. The van der Waals surface area contributed by atoms with Crippen LogP contribution in [0, 0.1) is 0 Å². The molecule has 0 radical (unpaired) electrons. The molecule has 202 valence electrons. The second-order valence-electron chi connectivity index (χ2n) is 11.0. The van der Waals surface area contributed by atoms with E-state index in [1.165, 1.54) is 112 Å². The number of rotatable bonds is 18. The topological polar surface area (TPSA) is 17.8 Å². The Bertz CT molecular complexity index is 1120. The van der Waals surface area contributed by atoms with Gasteiger partial charge in [-0.2, -0.15) is 0 Å². The average molecular weight is 509 g/mol. The fraction of sp³-hybridized carbons (Fsp3) is 0.472. The highest BCUT2D eigenvalue weighted by atomic mass is 15.1. The molecule has 1 heterocycles. The molecular formula is C36H48N2. The van der Waals surface area contributed by atoms with Gasteiger partial charge in [0.15, 0.2) is 0 Å². The number of fused-ring (bicyclic) bond motifs is 1. The van der Waals surface area contributed by atoms with Gasteiger partial charge in [-0.05, 0) is 29.7 Å². The highest BCUT2D eigenvalue weighted by Crippen LogP contribution is 2.33. The maximum absolute atomic E-state index is 5.21. The van der Waals surface area contributed by atoms with Gasteiger partial charge in [0.2, 0.25) is 0 Å². The van der Waals surface area contributed by atoms with Crippen molar-refractivity contribution in [3.8, 4) is 0 Å². The summed E-state index contributed by atoms with van der Waals surface area (Å²) in [7, 11) is 0. The lowest BCUT2D eigenvalue weighted by Gasteiger charge is -2.20. The fourth-order valence-electron chi connectivity index (χ4n) is 5.80. The zero-order chi connectivity index (χ0) is 26.3. The van der Waals surface area contributed by atoms with E-state index in [4.69, 9.17) is 4.98 Å². The molecule has 2 nitrogen and oxygen atoms in total. The Morgan fingerprint density at radius 1 is 0.526 bits per heavy atom. The van der Waals surface area contributed by atoms with Crippen LogP contribution in [-0.4, -0.2) is 9.55 Å². The standard InChI is InChI=1S/C36H48N2/c1-2-3-4-5-6-7-8-9-10-11-12-13-14-23-30-38-34-29-22-21-28-33(34)37-36(38)35(31-24-17-15-18-25-31)32-26-19-16-20-27-32/h15-22,24-29,35H,2-14,23,30H2,1H3. The second kappa shape index (κ2) is 16.2. The molecule has 0 aliphatic rings. The van der Waals surface area contributed by atoms with Crippen molar-refractivity contribution in [1.29, 1.82) is 0 Å². The second-order valence-corrected chi connectivity index (χ2v) is 11.0. The highest BCUT2D eigenvalue weighted by molar-refractivity contribution is 5.76. The lowest BCUT2D eigenvalue weighted by atomic mass is 9.90. The molecule has 0 aliphatic heterocycles. The molecule has 4 rings (SSSR count). The van der Waals surface area contributed by atoms with E-state index in [1.807, 2.05) is 0 Å². The zero-order valence-corrected chi connectivity index (χ0v) is 23.7. The molecule has 0 amide bonds. The van der Waals surface area contributed by atoms with Gasteiger partial charge >= 0.3 is 0 Å². The van der Waals surface area contributed by atoms with Crippen LogP contribution >= 0.6 is 0 Å². The number of benzene rings is 3. The van der Waals surface area contributed by atoms with Crippen LogP contribution in [0.3, 0.4) is 0 Å². The number of nitrogens with zero attached hydrogens (tertiary/aromatic N) is 2. The van der Waals surface area contributed by atoms with Crippen molar-refractivity contribution in [2.75, 3.05) is 0 Å². The summed E-state index contributed by atoms with van der Waals surface area (Å²) in [6.45, 7) is 3.33. The lowest BCUT2D eigenvalue weighted by Crippen LogP contribution is -2.12. The van der Waals surface area contributed by atoms with Crippen molar-refractivity contribution in [2.24, 2.45) is 0 Å². The van der Waals surface area contributed by atoms with Crippen LogP contribution in [0.4, 0.5) is 0 Å². The smallest absolute Gasteiger partial charge is 0.121 e. The Kier molecular flexibility index (Phi) is 12.0. The summed E-state index contributed by atoms with van der Waals surface area (Å²) in [5.41, 5.74) is 4.96. The molecule has 0 unspecified atom stereocenters. The third-order valence-electron chi connectivity index (χ3n) is 7.94. The van der Waals surface area contributed by atoms with Crippen LogP contribution in [-0.2, 0) is 6.54 Å². The summed E-state index contributed by atoms with van der Waals surface area (Å²) in [5.74, 6) is 1.30. The third-order valence-corrected chi connectivity index (χ3v) is 7.94. The predicted molar refractivity (Wildman–Crippen MR) is 164 cm³/mol. The van der Waals surface area contributed by atoms with Crippen molar-refractivity contribution in [2.45, 2.75) is 109 Å². The Morgan fingerprint density at radius 2 is 0.974 bits per heavy atom. The summed E-state index contributed by atoms with van der Waals surface area (Å²) >= 11 is 0. The molecule has 2 heteroatoms. The van der Waals surface area contributed by atoms with Crippen LogP contribution in [0.5, 0.6) is 0 Å². The first-order valence-corrected chi connectivity index (χ1v) is 15.4. The van der Waals surface area contributed by atoms with E-state index in [9.17, 15) is 0 Å². The van der Waals surface area contributed by atoms with Gasteiger partial charge in [0, 0.05) is 6.54 Å². The molecule has 0 saturated carbocycles. The van der Waals surface area contributed by atoms with E-state index in [1.54, 1.807) is 0 Å². The largest absolute Gasteiger partial charge is 0.327 e. The number of hydrogen-bond donors (Lipinski definition) is 0. The number of hydrogen-bond acceptors (Lipinski definition) is 1. The molecule has 0 bridgehead atoms. The molecule has 0 saturated heterocycles. The molecule has 3 aromatic carbocycles. The van der Waals surface area contributed by atoms with E-state index in [0.717, 1.165) is 12.1 Å². The summed E-state index contributed by atoms with van der Waals surface area (Å²) < 4.78 is 2.50. The van der Waals surface area contributed by atoms with Crippen molar-refractivity contribution < 1.29 is 0 Å². The third kappa shape index (κ3) is 8.32. The van der Waals surface area contributed by atoms with Gasteiger partial charge in [0.25, 0.3) is 0 Å². The molecule has 0 spiro atoms. The first-order valence-electron chi connectivity index (χ1n) is 15.4. The first-order chi connectivity index (χ1) is 18.9. The molecule has 0 N–H and O–H groups in total. The molecule has 0 atom stereocenters. The van der Waals surface area contributed by atoms with Gasteiger partial charge in [-0.15, -0.1) is 0 Å². The van der Waals surface area contributed by atoms with Gasteiger partial charge in [-0.3, -0.25) is 0 Å². The number of aryl methyl sites for hydroxylation is 1. The summed E-state index contributed by atoms with van der Waals surface area (Å²) in [6.07, 6.45) is 19.5. The summed E-state index contributed by atoms with van der Waals surface area (Å²) in [4.78, 5) is 5.21. The predicted octanol–water partition coefficient (Wildman–Crippen LogP) is 10.7. The number of para-hydroxylation sites is 2. The maximum Gasteiger partial charge on any atom is 0.121 e. The summed E-state index contributed by atoms with van der Waals surface area (Å²) in [6, 6.07) is 30.4. The SMILES string of the molecule is CCCCCCCCCCCCCCCCn1c(C(c2ccccc2)c2ccccc2)nc2ccccc21. The van der Waals surface area contributed by atoms with Gasteiger partial charge in [-0.1, -0.05) is 163 Å². The Morgan fingerprint density at radius 3 is 1.50 bits per heavy atom. The van der Waals surface area contributed by atoms with E-state index in [2.05, 4.69) is 96.4 Å². The van der Waals surface area contributed by atoms with Crippen molar-refractivity contribution in [1.82, 2.24) is 9.55 Å². The average Bonchev–Trinajstić information content (AvgIpc) is 3.32. The van der Waals surface area contributed by atoms with E-state index in [0.29, 0.717) is 0 Å². The maximum atomic E-state index is 5.21. The van der Waals surface area contributed by atoms with Crippen LogP contribution in [0.15, 0.2) is 84.9 Å². The molecule has 38 heavy (non-hydrogen) atoms. The zero-order valence-electron chi connectivity index (χ0n) is 23.7. The van der Waals surface area contributed by atoms with Gasteiger partial charge < -0.3 is 4.57 Å². The van der Waals surface area contributed by atoms with Crippen LogP contribution in [0.2, 0.25) is 0 Å². The lowest BCUT2D eigenvalue weighted by molar-refractivity contribution is 0.522. The molecule has 0 aliphatic carbocycles. The summed E-state index contributed by atoms with van der Waals surface area (Å²) in [5, 5.41) is 0. The Hall–Kier alpha value is -2.87. The number of imidazole rings is 1. The van der Waals surface area contributed by atoms with Crippen LogP contribution in [0.1, 0.15) is 120 Å². The van der Waals surface area contributed by atoms with Crippen molar-refractivity contribution in [3.05, 3.63) is 102 Å². The Balaban J connectivity index is 1.30. The molecule has 4 aromatic rings. The minimum absolute atomic E-state index is 0.136. The monoisotopic (exact) mass is 508 g/mol. The molecule has 0 fully saturated rings. The number of unbranched alkanes of at least 4 members (excludes halogenated alkanes) is 13. The van der Waals surface area contributed by atoms with E-state index in [-0.39, 0.29) is 5.92 Å². The van der Waals surface area contributed by atoms with Crippen LogP contribution < -0.4 is 0 Å². The Labute approximate surface area is 231 Å². The quantitative estimate of drug-likeness (QED) is 0.122. The highest BCUT2D eigenvalue weighted by Gasteiger charge is 2.23. The van der Waals surface area contributed by atoms with Crippen molar-refractivity contribution in [3.63, 3.8) is 0 Å². The minimum atomic E-state index is 0.136. The first kappa shape index (κ1) is 28.1. The van der Waals surface area contributed by atoms with Gasteiger partial charge in [-0.25, -0.2) is 4.98 Å². The van der Waals surface area contributed by atoms with E-state index >= 15 is 0 Å². The number of aromatic nitrogens is 2. The minimum Gasteiger partial charge on any atom is -0.327 e. The van der Waals surface area contributed by atoms with Gasteiger partial charge in [0.1, 0.15) is 5.82 Å². The van der Waals surface area contributed by atoms with Gasteiger partial charge in [0.05, 0.1) is 17.0 Å².